The average Bonchev–Trinajstić information content (AvgIpc) is 2.29. The fourth-order valence-electron chi connectivity index (χ4n) is 1.25. The summed E-state index contributed by atoms with van der Waals surface area (Å²) in [6.07, 6.45) is 0. The molecule has 0 saturated carbocycles. The molecular weight excluding hydrogens is 222 g/mol. The lowest BCUT2D eigenvalue weighted by atomic mass is 10.1. The third kappa shape index (κ3) is 3.79. The van der Waals surface area contributed by atoms with Crippen LogP contribution in [0.5, 0.6) is 0 Å². The van der Waals surface area contributed by atoms with Crippen molar-refractivity contribution in [3.8, 4) is 0 Å². The highest BCUT2D eigenvalue weighted by Gasteiger charge is 2.13. The fraction of sp³-hybridized carbons (Fsp3) is 0.333. The number of aryl methyl sites for hydroxylation is 1. The number of esters is 2. The second-order valence-electron chi connectivity index (χ2n) is 3.47. The lowest BCUT2D eigenvalue weighted by Crippen LogP contribution is -2.17. The number of nitrogens with two attached hydrogens (primary N) is 1. The van der Waals surface area contributed by atoms with E-state index in [2.05, 4.69) is 4.74 Å². The topological polar surface area (TPSA) is 78.6 Å². The van der Waals surface area contributed by atoms with Crippen molar-refractivity contribution in [3.63, 3.8) is 0 Å². The number of hydrogen-bond acceptors (Lipinski definition) is 5. The van der Waals surface area contributed by atoms with Gasteiger partial charge in [0.2, 0.25) is 0 Å². The quantitative estimate of drug-likeness (QED) is 0.630. The Morgan fingerprint density at radius 3 is 2.65 bits per heavy atom. The van der Waals surface area contributed by atoms with Crippen molar-refractivity contribution in [1.29, 1.82) is 0 Å². The summed E-state index contributed by atoms with van der Waals surface area (Å²) in [4.78, 5) is 22.6. The van der Waals surface area contributed by atoms with Gasteiger partial charge in [0.25, 0.3) is 0 Å². The molecule has 0 unspecified atom stereocenters. The van der Waals surface area contributed by atoms with E-state index in [-0.39, 0.29) is 12.2 Å². The molecule has 0 radical (unpaired) electrons. The summed E-state index contributed by atoms with van der Waals surface area (Å²) in [6, 6.07) is 5.02. The van der Waals surface area contributed by atoms with Gasteiger partial charge < -0.3 is 15.2 Å². The van der Waals surface area contributed by atoms with Gasteiger partial charge in [0.1, 0.15) is 0 Å². The Morgan fingerprint density at radius 2 is 2.00 bits per heavy atom. The summed E-state index contributed by atoms with van der Waals surface area (Å²) in [6.45, 7) is 3.36. The number of hydrogen-bond donors (Lipinski definition) is 1. The van der Waals surface area contributed by atoms with Crippen LogP contribution in [0.15, 0.2) is 18.2 Å². The van der Waals surface area contributed by atoms with Gasteiger partial charge in [0, 0.05) is 5.69 Å². The van der Waals surface area contributed by atoms with Crippen LogP contribution in [0.1, 0.15) is 22.8 Å². The Balaban J connectivity index is 2.64. The molecule has 0 aliphatic rings. The predicted octanol–water partition coefficient (Wildman–Crippen LogP) is 1.30. The molecule has 17 heavy (non-hydrogen) atoms. The second-order valence-corrected chi connectivity index (χ2v) is 3.47. The molecule has 0 aliphatic carbocycles. The van der Waals surface area contributed by atoms with Crippen LogP contribution < -0.4 is 5.73 Å². The van der Waals surface area contributed by atoms with Gasteiger partial charge in [-0.2, -0.15) is 0 Å². The molecule has 1 aromatic carbocycles. The van der Waals surface area contributed by atoms with Crippen LogP contribution in [0.2, 0.25) is 0 Å². The third-order valence-electron chi connectivity index (χ3n) is 2.06. The number of anilines is 1. The van der Waals surface area contributed by atoms with Crippen LogP contribution >= 0.6 is 0 Å². The first-order valence-corrected chi connectivity index (χ1v) is 5.23. The van der Waals surface area contributed by atoms with Crippen molar-refractivity contribution in [1.82, 2.24) is 0 Å². The minimum absolute atomic E-state index is 0.253. The third-order valence-corrected chi connectivity index (χ3v) is 2.06. The normalized spacial score (nSPS) is 9.76. The van der Waals surface area contributed by atoms with E-state index >= 15 is 0 Å². The molecule has 2 N–H and O–H groups in total. The maximum atomic E-state index is 11.6. The Bertz CT molecular complexity index is 429. The summed E-state index contributed by atoms with van der Waals surface area (Å²) >= 11 is 0. The zero-order valence-electron chi connectivity index (χ0n) is 9.86. The minimum Gasteiger partial charge on any atom is -0.463 e. The highest BCUT2D eigenvalue weighted by molar-refractivity contribution is 5.96. The monoisotopic (exact) mass is 237 g/mol. The molecule has 0 fully saturated rings. The minimum atomic E-state index is -0.626. The van der Waals surface area contributed by atoms with E-state index in [9.17, 15) is 9.59 Å². The molecule has 92 valence electrons. The van der Waals surface area contributed by atoms with E-state index in [1.807, 2.05) is 6.92 Å². The molecule has 5 heteroatoms. The van der Waals surface area contributed by atoms with Crippen LogP contribution in [-0.2, 0) is 14.3 Å². The standard InChI is InChI=1S/C12H15NO4/c1-3-16-11(14)7-17-12(15)9-6-8(2)4-5-10(9)13/h4-6H,3,7,13H2,1-2H3. The summed E-state index contributed by atoms with van der Waals surface area (Å²) in [7, 11) is 0. The molecular formula is C12H15NO4. The van der Waals surface area contributed by atoms with E-state index in [0.29, 0.717) is 5.69 Å². The molecule has 1 rings (SSSR count). The fourth-order valence-corrected chi connectivity index (χ4v) is 1.25. The van der Waals surface area contributed by atoms with Crippen LogP contribution in [-0.4, -0.2) is 25.2 Å². The summed E-state index contributed by atoms with van der Waals surface area (Å²) < 4.78 is 9.42. The first-order valence-electron chi connectivity index (χ1n) is 5.23. The molecule has 0 saturated heterocycles. The smallest absolute Gasteiger partial charge is 0.344 e. The number of carbonyl (C=O) groups is 2. The Kier molecular flexibility index (Phi) is 4.51. The zero-order valence-corrected chi connectivity index (χ0v) is 9.86. The maximum absolute atomic E-state index is 11.6. The SMILES string of the molecule is CCOC(=O)COC(=O)c1cc(C)ccc1N. The van der Waals surface area contributed by atoms with Crippen molar-refractivity contribution in [2.75, 3.05) is 18.9 Å². The van der Waals surface area contributed by atoms with Crippen LogP contribution in [0.25, 0.3) is 0 Å². The van der Waals surface area contributed by atoms with Crippen molar-refractivity contribution in [3.05, 3.63) is 29.3 Å². The van der Waals surface area contributed by atoms with E-state index < -0.39 is 18.5 Å². The van der Waals surface area contributed by atoms with Gasteiger partial charge >= 0.3 is 11.9 Å². The zero-order chi connectivity index (χ0) is 12.8. The number of rotatable bonds is 4. The predicted molar refractivity (Wildman–Crippen MR) is 62.5 cm³/mol. The van der Waals surface area contributed by atoms with Gasteiger partial charge in [-0.1, -0.05) is 11.6 Å². The lowest BCUT2D eigenvalue weighted by molar-refractivity contribution is -0.146. The van der Waals surface area contributed by atoms with E-state index in [1.165, 1.54) is 0 Å². The first kappa shape index (κ1) is 13.0. The Labute approximate surface area is 99.5 Å². The van der Waals surface area contributed by atoms with Crippen LogP contribution in [0.3, 0.4) is 0 Å². The van der Waals surface area contributed by atoms with Crippen LogP contribution in [0, 0.1) is 6.92 Å². The molecule has 0 spiro atoms. The molecule has 0 aromatic heterocycles. The highest BCUT2D eigenvalue weighted by atomic mass is 16.6. The number of benzene rings is 1. The van der Waals surface area contributed by atoms with Gasteiger partial charge in [0.15, 0.2) is 6.61 Å². The van der Waals surface area contributed by atoms with Crippen molar-refractivity contribution >= 4 is 17.6 Å². The lowest BCUT2D eigenvalue weighted by Gasteiger charge is -2.07. The number of carbonyl (C=O) groups excluding carboxylic acids is 2. The first-order chi connectivity index (χ1) is 8.04. The Morgan fingerprint density at radius 1 is 1.29 bits per heavy atom. The van der Waals surface area contributed by atoms with E-state index in [1.54, 1.807) is 25.1 Å². The van der Waals surface area contributed by atoms with Crippen molar-refractivity contribution in [2.24, 2.45) is 0 Å². The van der Waals surface area contributed by atoms with E-state index in [0.717, 1.165) is 5.56 Å². The number of nitrogen functional groups attached to an aromatic ring is 1. The highest BCUT2D eigenvalue weighted by Crippen LogP contribution is 2.14. The second kappa shape index (κ2) is 5.89. The summed E-state index contributed by atoms with van der Waals surface area (Å²) in [5.74, 6) is -1.20. The Hall–Kier alpha value is -2.04. The van der Waals surface area contributed by atoms with Gasteiger partial charge in [-0.25, -0.2) is 9.59 Å². The maximum Gasteiger partial charge on any atom is 0.344 e. The molecule has 0 heterocycles. The molecule has 1 aromatic rings. The van der Waals surface area contributed by atoms with Crippen LogP contribution in [0.4, 0.5) is 5.69 Å². The van der Waals surface area contributed by atoms with Gasteiger partial charge in [-0.3, -0.25) is 0 Å². The van der Waals surface area contributed by atoms with Crippen molar-refractivity contribution < 1.29 is 19.1 Å². The molecule has 5 nitrogen and oxygen atoms in total. The molecule has 0 aliphatic heterocycles. The molecule has 0 bridgehead atoms. The summed E-state index contributed by atoms with van der Waals surface area (Å²) in [5.41, 5.74) is 7.11. The van der Waals surface area contributed by atoms with Gasteiger partial charge in [0.05, 0.1) is 12.2 Å². The van der Waals surface area contributed by atoms with Crippen molar-refractivity contribution in [2.45, 2.75) is 13.8 Å². The van der Waals surface area contributed by atoms with Gasteiger partial charge in [-0.15, -0.1) is 0 Å². The summed E-state index contributed by atoms with van der Waals surface area (Å²) in [5, 5.41) is 0. The number of ether oxygens (including phenoxy) is 2. The average molecular weight is 237 g/mol. The van der Waals surface area contributed by atoms with Gasteiger partial charge in [-0.05, 0) is 26.0 Å². The van der Waals surface area contributed by atoms with E-state index in [4.69, 9.17) is 10.5 Å². The largest absolute Gasteiger partial charge is 0.463 e. The molecule has 0 atom stereocenters. The molecule has 0 amide bonds.